The van der Waals surface area contributed by atoms with Crippen molar-refractivity contribution in [1.29, 1.82) is 0 Å². The molecule has 1 aromatic rings. The molecule has 2 heterocycles. The Morgan fingerprint density at radius 2 is 2.04 bits per heavy atom. The Morgan fingerprint density at radius 1 is 1.22 bits per heavy atom. The fourth-order valence-corrected chi connectivity index (χ4v) is 3.43. The molecule has 2 aliphatic heterocycles. The normalized spacial score (nSPS) is 23.0. The second-order valence-electron chi connectivity index (χ2n) is 5.84. The number of halogens is 2. The highest BCUT2D eigenvalue weighted by atomic mass is 35.5. The van der Waals surface area contributed by atoms with Crippen molar-refractivity contribution in [2.45, 2.75) is 12.8 Å². The van der Waals surface area contributed by atoms with Crippen LogP contribution in [0.15, 0.2) is 29.4 Å². The van der Waals surface area contributed by atoms with Gasteiger partial charge in [-0.3, -0.25) is 9.79 Å². The Kier molecular flexibility index (Phi) is 5.17. The highest BCUT2D eigenvalue weighted by Crippen LogP contribution is 2.29. The van der Waals surface area contributed by atoms with Gasteiger partial charge in [-0.1, -0.05) is 12.2 Å². The Morgan fingerprint density at radius 3 is 2.83 bits per heavy atom. The van der Waals surface area contributed by atoms with Crippen molar-refractivity contribution in [3.8, 4) is 0 Å². The number of nitrogens with zero attached hydrogens (tertiary/aromatic N) is 1. The summed E-state index contributed by atoms with van der Waals surface area (Å²) in [5.74, 6) is -0.735. The summed E-state index contributed by atoms with van der Waals surface area (Å²) in [6, 6.07) is 4.28. The fourth-order valence-electron chi connectivity index (χ4n) is 3.43. The van der Waals surface area contributed by atoms with Gasteiger partial charge in [0.1, 0.15) is 0 Å². The molecule has 2 unspecified atom stereocenters. The standard InChI is InChI=1S/C17H16N2O2.2ClH/c20-17(21)13-6-12-3-1-2-10-8-15-11(4-5-18-15)7-14(10)16(12)19-9-13;;/h1-2,4-5,7-8,12-13,19H,3,6,9H2,(H,20,21);2*1H. The summed E-state index contributed by atoms with van der Waals surface area (Å²) >= 11 is 0. The maximum Gasteiger partial charge on any atom is 0.308 e. The van der Waals surface area contributed by atoms with Crippen LogP contribution in [0, 0.1) is 11.8 Å². The third kappa shape index (κ3) is 3.01. The number of carbonyl (C=O) groups is 1. The summed E-state index contributed by atoms with van der Waals surface area (Å²) in [4.78, 5) is 15.6. The lowest BCUT2D eigenvalue weighted by molar-refractivity contribution is -0.142. The van der Waals surface area contributed by atoms with Crippen molar-refractivity contribution >= 4 is 48.6 Å². The topological polar surface area (TPSA) is 61.7 Å². The van der Waals surface area contributed by atoms with E-state index < -0.39 is 5.97 Å². The highest BCUT2D eigenvalue weighted by molar-refractivity contribution is 5.85. The molecular formula is C17H18Cl2N2O2. The Labute approximate surface area is 146 Å². The van der Waals surface area contributed by atoms with E-state index in [1.807, 2.05) is 12.3 Å². The number of rotatable bonds is 1. The molecular weight excluding hydrogens is 335 g/mol. The van der Waals surface area contributed by atoms with E-state index in [9.17, 15) is 9.90 Å². The van der Waals surface area contributed by atoms with Crippen LogP contribution < -0.4 is 15.9 Å². The third-order valence-corrected chi connectivity index (χ3v) is 4.54. The smallest absolute Gasteiger partial charge is 0.308 e. The average molecular weight is 353 g/mol. The SMILES string of the molecule is Cl.Cl.O=C(O)C1CNC2=c3cc4c(cc3C=CCC2C1)=NC=C4. The Hall–Kier alpha value is -1.78. The number of fused-ring (bicyclic) bond motifs is 3. The molecule has 1 saturated heterocycles. The van der Waals surface area contributed by atoms with Crippen LogP contribution in [0.25, 0.3) is 17.8 Å². The molecule has 0 spiro atoms. The molecule has 3 aliphatic rings. The molecule has 4 rings (SSSR count). The zero-order valence-corrected chi connectivity index (χ0v) is 14.0. The van der Waals surface area contributed by atoms with Crippen LogP contribution in [-0.4, -0.2) is 17.6 Å². The summed E-state index contributed by atoms with van der Waals surface area (Å²) in [5, 5.41) is 14.8. The van der Waals surface area contributed by atoms with Gasteiger partial charge < -0.3 is 10.4 Å². The number of allylic oxidation sites excluding steroid dienone is 1. The van der Waals surface area contributed by atoms with E-state index in [1.165, 1.54) is 16.5 Å². The van der Waals surface area contributed by atoms with E-state index >= 15 is 0 Å². The van der Waals surface area contributed by atoms with Crippen LogP contribution in [0.5, 0.6) is 0 Å². The number of hydrogen-bond donors (Lipinski definition) is 2. The summed E-state index contributed by atoms with van der Waals surface area (Å²) < 4.78 is 0. The lowest BCUT2D eigenvalue weighted by Crippen LogP contribution is -2.40. The minimum atomic E-state index is -0.703. The predicted octanol–water partition coefficient (Wildman–Crippen LogP) is 1.97. The number of carboxylic acids is 1. The van der Waals surface area contributed by atoms with Crippen molar-refractivity contribution in [2.75, 3.05) is 6.54 Å². The van der Waals surface area contributed by atoms with Gasteiger partial charge in [0.05, 0.1) is 11.3 Å². The van der Waals surface area contributed by atoms with Gasteiger partial charge >= 0.3 is 5.97 Å². The molecule has 1 fully saturated rings. The van der Waals surface area contributed by atoms with Gasteiger partial charge in [0, 0.05) is 35.1 Å². The van der Waals surface area contributed by atoms with Crippen LogP contribution in [-0.2, 0) is 4.79 Å². The maximum atomic E-state index is 11.2. The molecule has 0 saturated carbocycles. The first-order valence-electron chi connectivity index (χ1n) is 7.28. The van der Waals surface area contributed by atoms with Crippen LogP contribution in [0.3, 0.4) is 0 Å². The highest BCUT2D eigenvalue weighted by Gasteiger charge is 2.30. The molecule has 2 N–H and O–H groups in total. The van der Waals surface area contributed by atoms with Crippen LogP contribution >= 0.6 is 24.8 Å². The number of piperidine rings is 1. The number of nitrogens with one attached hydrogen (secondary N) is 1. The third-order valence-electron chi connectivity index (χ3n) is 4.54. The number of hydrogen-bond acceptors (Lipinski definition) is 3. The largest absolute Gasteiger partial charge is 0.481 e. The van der Waals surface area contributed by atoms with Crippen molar-refractivity contribution in [3.63, 3.8) is 0 Å². The van der Waals surface area contributed by atoms with E-state index in [1.54, 1.807) is 0 Å². The second-order valence-corrected chi connectivity index (χ2v) is 5.84. The molecule has 1 aromatic carbocycles. The summed E-state index contributed by atoms with van der Waals surface area (Å²) in [6.45, 7) is 0.512. The zero-order valence-electron chi connectivity index (χ0n) is 12.4. The average Bonchev–Trinajstić information content (AvgIpc) is 2.85. The quantitative estimate of drug-likeness (QED) is 0.812. The van der Waals surface area contributed by atoms with Gasteiger partial charge in [0.25, 0.3) is 0 Å². The van der Waals surface area contributed by atoms with E-state index in [0.29, 0.717) is 13.0 Å². The molecule has 122 valence electrons. The summed E-state index contributed by atoms with van der Waals surface area (Å²) in [6.07, 6.45) is 9.72. The summed E-state index contributed by atoms with van der Waals surface area (Å²) in [7, 11) is 0. The Balaban J connectivity index is 0.000000960. The van der Waals surface area contributed by atoms with E-state index in [-0.39, 0.29) is 36.6 Å². The first-order chi connectivity index (χ1) is 10.2. The predicted molar refractivity (Wildman–Crippen MR) is 95.0 cm³/mol. The van der Waals surface area contributed by atoms with Gasteiger partial charge in [-0.2, -0.15) is 0 Å². The molecule has 23 heavy (non-hydrogen) atoms. The second kappa shape index (κ2) is 6.77. The number of carboxylic acid groups (broad SMARTS) is 1. The van der Waals surface area contributed by atoms with Crippen LogP contribution in [0.4, 0.5) is 0 Å². The van der Waals surface area contributed by atoms with E-state index in [2.05, 4.69) is 34.6 Å². The fraction of sp³-hybridized carbons (Fsp3) is 0.294. The number of aliphatic carboxylic acids is 1. The maximum absolute atomic E-state index is 11.2. The van der Waals surface area contributed by atoms with Gasteiger partial charge in [0.2, 0.25) is 0 Å². The van der Waals surface area contributed by atoms with Crippen molar-refractivity contribution in [3.05, 3.63) is 46.1 Å². The van der Waals surface area contributed by atoms with E-state index in [0.717, 1.165) is 17.3 Å². The molecule has 1 aliphatic carbocycles. The van der Waals surface area contributed by atoms with Crippen LogP contribution in [0.1, 0.15) is 24.0 Å². The Bertz CT molecular complexity index is 815. The van der Waals surface area contributed by atoms with Gasteiger partial charge in [0.15, 0.2) is 0 Å². The van der Waals surface area contributed by atoms with E-state index in [4.69, 9.17) is 0 Å². The lowest BCUT2D eigenvalue weighted by Gasteiger charge is -2.30. The first kappa shape index (κ1) is 17.6. The molecule has 0 bridgehead atoms. The molecule has 2 atom stereocenters. The molecule has 4 nitrogen and oxygen atoms in total. The molecule has 6 heteroatoms. The van der Waals surface area contributed by atoms with Crippen molar-refractivity contribution in [2.24, 2.45) is 16.8 Å². The minimum Gasteiger partial charge on any atom is -0.481 e. The minimum absolute atomic E-state index is 0. The van der Waals surface area contributed by atoms with Crippen molar-refractivity contribution in [1.82, 2.24) is 5.32 Å². The van der Waals surface area contributed by atoms with Gasteiger partial charge in [-0.25, -0.2) is 0 Å². The molecule has 0 amide bonds. The zero-order chi connectivity index (χ0) is 14.4. The van der Waals surface area contributed by atoms with Gasteiger partial charge in [-0.15, -0.1) is 24.8 Å². The molecule has 0 aromatic heterocycles. The molecule has 0 radical (unpaired) electrons. The van der Waals surface area contributed by atoms with Crippen molar-refractivity contribution < 1.29 is 9.90 Å². The van der Waals surface area contributed by atoms with Gasteiger partial charge in [-0.05, 0) is 36.6 Å². The summed E-state index contributed by atoms with van der Waals surface area (Å²) in [5.41, 5.74) is 3.49. The number of benzene rings is 1. The first-order valence-corrected chi connectivity index (χ1v) is 7.28. The van der Waals surface area contributed by atoms with Crippen LogP contribution in [0.2, 0.25) is 0 Å². The lowest BCUT2D eigenvalue weighted by atomic mass is 9.85. The monoisotopic (exact) mass is 352 g/mol.